The molecule has 0 aromatic heterocycles. The molecule has 2 heteroatoms. The molecule has 20 heavy (non-hydrogen) atoms. The van der Waals surface area contributed by atoms with Gasteiger partial charge in [0.15, 0.2) is 0 Å². The monoisotopic (exact) mass is 280 g/mol. The molecule has 0 aliphatic carbocycles. The fourth-order valence-electron chi connectivity index (χ4n) is 3.16. The molecule has 0 spiro atoms. The van der Waals surface area contributed by atoms with Gasteiger partial charge in [-0.3, -0.25) is 0 Å². The second-order valence-corrected chi connectivity index (χ2v) is 6.06. The van der Waals surface area contributed by atoms with Gasteiger partial charge in [-0.15, -0.1) is 0 Å². The molecule has 1 aliphatic rings. The van der Waals surface area contributed by atoms with Crippen LogP contribution in [0.25, 0.3) is 0 Å². The molecule has 0 aromatic carbocycles. The molecular formula is C18H36N2. The minimum atomic E-state index is 0.634. The first-order chi connectivity index (χ1) is 9.83. The third kappa shape index (κ3) is 6.19. The number of hydrogen-bond acceptors (Lipinski definition) is 2. The molecule has 1 rings (SSSR count). The third-order valence-electron chi connectivity index (χ3n) is 4.51. The van der Waals surface area contributed by atoms with Crippen molar-refractivity contribution in [3.8, 4) is 0 Å². The van der Waals surface area contributed by atoms with E-state index in [2.05, 4.69) is 43.0 Å². The average Bonchev–Trinajstić information content (AvgIpc) is 2.87. The van der Waals surface area contributed by atoms with E-state index in [4.69, 9.17) is 0 Å². The normalized spacial score (nSPS) is 15.6. The van der Waals surface area contributed by atoms with Gasteiger partial charge < -0.3 is 9.80 Å². The molecule has 0 saturated carbocycles. The molecular weight excluding hydrogens is 244 g/mol. The van der Waals surface area contributed by atoms with Crippen molar-refractivity contribution in [3.05, 3.63) is 12.4 Å². The van der Waals surface area contributed by atoms with Crippen molar-refractivity contribution in [2.24, 2.45) is 0 Å². The first-order valence-corrected chi connectivity index (χ1v) is 9.03. The first-order valence-electron chi connectivity index (χ1n) is 9.03. The predicted molar refractivity (Wildman–Crippen MR) is 89.5 cm³/mol. The summed E-state index contributed by atoms with van der Waals surface area (Å²) in [5, 5.41) is 0. The van der Waals surface area contributed by atoms with E-state index in [1.165, 1.54) is 64.2 Å². The van der Waals surface area contributed by atoms with Gasteiger partial charge in [0.05, 0.1) is 0 Å². The maximum atomic E-state index is 2.48. The maximum absolute atomic E-state index is 2.48. The highest BCUT2D eigenvalue weighted by Crippen LogP contribution is 2.21. The van der Waals surface area contributed by atoms with E-state index < -0.39 is 0 Å². The summed E-state index contributed by atoms with van der Waals surface area (Å²) < 4.78 is 0. The maximum Gasteiger partial charge on any atom is 0.101 e. The number of rotatable bonds is 12. The second-order valence-electron chi connectivity index (χ2n) is 6.06. The van der Waals surface area contributed by atoms with Gasteiger partial charge in [-0.2, -0.15) is 0 Å². The van der Waals surface area contributed by atoms with Gasteiger partial charge in [0, 0.05) is 25.5 Å². The summed E-state index contributed by atoms with van der Waals surface area (Å²) >= 11 is 0. The summed E-state index contributed by atoms with van der Waals surface area (Å²) in [6.07, 6.45) is 19.3. The number of unbranched alkanes of at least 4 members (excludes halogenated alkanes) is 8. The van der Waals surface area contributed by atoms with Crippen LogP contribution < -0.4 is 0 Å². The van der Waals surface area contributed by atoms with Crippen LogP contribution in [-0.2, 0) is 0 Å². The molecule has 0 atom stereocenters. The Labute approximate surface area is 127 Å². The fraction of sp³-hybridized carbons (Fsp3) is 0.889. The lowest BCUT2D eigenvalue weighted by atomic mass is 10.1. The van der Waals surface area contributed by atoms with E-state index in [0.29, 0.717) is 6.17 Å². The topological polar surface area (TPSA) is 6.48 Å². The Morgan fingerprint density at radius 2 is 1.10 bits per heavy atom. The molecule has 1 heterocycles. The summed E-state index contributed by atoms with van der Waals surface area (Å²) in [6.45, 7) is 9.07. The predicted octanol–water partition coefficient (Wildman–Crippen LogP) is 5.36. The van der Waals surface area contributed by atoms with Crippen molar-refractivity contribution < 1.29 is 0 Å². The van der Waals surface area contributed by atoms with Crippen molar-refractivity contribution in [3.63, 3.8) is 0 Å². The Hall–Kier alpha value is -0.660. The summed E-state index contributed by atoms with van der Waals surface area (Å²) in [6, 6.07) is 0. The molecule has 0 fully saturated rings. The fourth-order valence-corrected chi connectivity index (χ4v) is 3.16. The molecule has 0 N–H and O–H groups in total. The van der Waals surface area contributed by atoms with Crippen molar-refractivity contribution in [2.75, 3.05) is 13.1 Å². The SMILES string of the molecule is CCCCCCCCCCCC1N(CC)C=CN1CC. The Kier molecular flexibility index (Phi) is 9.61. The highest BCUT2D eigenvalue weighted by molar-refractivity contribution is 4.95. The lowest BCUT2D eigenvalue weighted by Gasteiger charge is -2.31. The van der Waals surface area contributed by atoms with Gasteiger partial charge in [0.25, 0.3) is 0 Å². The van der Waals surface area contributed by atoms with Crippen LogP contribution in [0, 0.1) is 0 Å². The molecule has 118 valence electrons. The number of hydrogen-bond donors (Lipinski definition) is 0. The Bertz CT molecular complexity index is 236. The van der Waals surface area contributed by atoms with E-state index in [0.717, 1.165) is 13.1 Å². The van der Waals surface area contributed by atoms with Crippen LogP contribution in [0.2, 0.25) is 0 Å². The summed E-state index contributed by atoms with van der Waals surface area (Å²) in [5.41, 5.74) is 0. The minimum absolute atomic E-state index is 0.634. The van der Waals surface area contributed by atoms with E-state index >= 15 is 0 Å². The summed E-state index contributed by atoms with van der Waals surface area (Å²) in [7, 11) is 0. The summed E-state index contributed by atoms with van der Waals surface area (Å²) in [4.78, 5) is 4.96. The highest BCUT2D eigenvalue weighted by Gasteiger charge is 2.22. The van der Waals surface area contributed by atoms with E-state index in [9.17, 15) is 0 Å². The van der Waals surface area contributed by atoms with Gasteiger partial charge >= 0.3 is 0 Å². The number of nitrogens with zero attached hydrogens (tertiary/aromatic N) is 2. The van der Waals surface area contributed by atoms with Crippen LogP contribution in [-0.4, -0.2) is 29.1 Å². The average molecular weight is 281 g/mol. The quantitative estimate of drug-likeness (QED) is 0.444. The molecule has 0 unspecified atom stereocenters. The van der Waals surface area contributed by atoms with Crippen LogP contribution in [0.15, 0.2) is 12.4 Å². The van der Waals surface area contributed by atoms with Crippen LogP contribution in [0.1, 0.15) is 85.0 Å². The lowest BCUT2D eigenvalue weighted by Crippen LogP contribution is -2.38. The van der Waals surface area contributed by atoms with Crippen molar-refractivity contribution >= 4 is 0 Å². The zero-order chi connectivity index (χ0) is 14.6. The van der Waals surface area contributed by atoms with Gasteiger partial charge in [0.2, 0.25) is 0 Å². The lowest BCUT2D eigenvalue weighted by molar-refractivity contribution is 0.149. The van der Waals surface area contributed by atoms with E-state index in [1.807, 2.05) is 0 Å². The molecule has 0 aromatic rings. The molecule has 2 nitrogen and oxygen atoms in total. The van der Waals surface area contributed by atoms with Crippen LogP contribution in [0.4, 0.5) is 0 Å². The molecule has 0 bridgehead atoms. The molecule has 1 aliphatic heterocycles. The highest BCUT2D eigenvalue weighted by atomic mass is 15.4. The van der Waals surface area contributed by atoms with Crippen LogP contribution in [0.5, 0.6) is 0 Å². The first kappa shape index (κ1) is 17.4. The van der Waals surface area contributed by atoms with Gasteiger partial charge in [0.1, 0.15) is 6.17 Å². The van der Waals surface area contributed by atoms with Crippen molar-refractivity contribution in [1.82, 2.24) is 9.80 Å². The summed E-state index contributed by atoms with van der Waals surface area (Å²) in [5.74, 6) is 0. The Morgan fingerprint density at radius 3 is 1.55 bits per heavy atom. The Morgan fingerprint density at radius 1 is 0.650 bits per heavy atom. The smallest absolute Gasteiger partial charge is 0.101 e. The standard InChI is InChI=1S/C18H36N2/c1-4-7-8-9-10-11-12-13-14-15-18-19(5-2)16-17-20(18)6-3/h16-18H,4-15H2,1-3H3. The van der Waals surface area contributed by atoms with E-state index in [1.54, 1.807) is 0 Å². The zero-order valence-electron chi connectivity index (χ0n) is 14.1. The molecule has 0 radical (unpaired) electrons. The zero-order valence-corrected chi connectivity index (χ0v) is 14.1. The van der Waals surface area contributed by atoms with Gasteiger partial charge in [-0.05, 0) is 26.7 Å². The Balaban J connectivity index is 2.00. The van der Waals surface area contributed by atoms with Gasteiger partial charge in [-0.25, -0.2) is 0 Å². The van der Waals surface area contributed by atoms with Crippen LogP contribution >= 0.6 is 0 Å². The third-order valence-corrected chi connectivity index (χ3v) is 4.51. The largest absolute Gasteiger partial charge is 0.356 e. The van der Waals surface area contributed by atoms with Crippen LogP contribution in [0.3, 0.4) is 0 Å². The van der Waals surface area contributed by atoms with E-state index in [-0.39, 0.29) is 0 Å². The second kappa shape index (κ2) is 11.0. The van der Waals surface area contributed by atoms with Crippen molar-refractivity contribution in [1.29, 1.82) is 0 Å². The minimum Gasteiger partial charge on any atom is -0.356 e. The van der Waals surface area contributed by atoms with Crippen molar-refractivity contribution in [2.45, 2.75) is 91.1 Å². The van der Waals surface area contributed by atoms with Gasteiger partial charge in [-0.1, -0.05) is 58.3 Å². The molecule has 0 saturated heterocycles. The molecule has 0 amide bonds.